The normalized spacial score (nSPS) is 10.8. The molecule has 9 nitrogen and oxygen atoms in total. The smallest absolute Gasteiger partial charge is 0.337 e. The molecule has 3 rings (SSSR count). The van der Waals surface area contributed by atoms with Crippen LogP contribution in [0.25, 0.3) is 0 Å². The molecule has 0 spiro atoms. The minimum atomic E-state index is -0.385. The van der Waals surface area contributed by atoms with Crippen molar-refractivity contribution in [2.75, 3.05) is 14.2 Å². The zero-order valence-electron chi connectivity index (χ0n) is 19.0. The Morgan fingerprint density at radius 2 is 1.82 bits per heavy atom. The monoisotopic (exact) mass is 450 g/mol. The van der Waals surface area contributed by atoms with Crippen LogP contribution in [0.5, 0.6) is 11.5 Å². The molecule has 172 valence electrons. The summed E-state index contributed by atoms with van der Waals surface area (Å²) in [7, 11) is 2.89. The highest BCUT2D eigenvalue weighted by molar-refractivity contribution is 5.89. The van der Waals surface area contributed by atoms with Gasteiger partial charge in [0.25, 0.3) is 5.91 Å². The first kappa shape index (κ1) is 23.5. The van der Waals surface area contributed by atoms with E-state index in [9.17, 15) is 9.59 Å². The van der Waals surface area contributed by atoms with Crippen molar-refractivity contribution in [1.29, 1.82) is 0 Å². The van der Waals surface area contributed by atoms with E-state index in [-0.39, 0.29) is 18.4 Å². The van der Waals surface area contributed by atoms with Gasteiger partial charge in [-0.2, -0.15) is 10.2 Å². The van der Waals surface area contributed by atoms with Gasteiger partial charge in [-0.3, -0.25) is 9.48 Å². The van der Waals surface area contributed by atoms with E-state index < -0.39 is 0 Å². The summed E-state index contributed by atoms with van der Waals surface area (Å²) in [6, 6.07) is 14.2. The minimum Gasteiger partial charge on any atom is -0.493 e. The molecular weight excluding hydrogens is 424 g/mol. The fraction of sp³-hybridized carbons (Fsp3) is 0.250. The van der Waals surface area contributed by atoms with E-state index in [1.165, 1.54) is 13.3 Å². The first-order valence-electron chi connectivity index (χ1n) is 10.2. The van der Waals surface area contributed by atoms with Crippen molar-refractivity contribution in [2.45, 2.75) is 27.0 Å². The predicted octanol–water partition coefficient (Wildman–Crippen LogP) is 3.02. The molecule has 1 aromatic heterocycles. The maximum absolute atomic E-state index is 12.1. The molecule has 1 heterocycles. The molecule has 1 amide bonds. The van der Waals surface area contributed by atoms with Crippen molar-refractivity contribution in [3.05, 3.63) is 76.6 Å². The standard InChI is InChI=1S/C24H26N4O5/c1-16-11-17(2)28(27-16)14-23(29)26-25-13-19-7-10-21(22(12-19)31-3)33-15-18-5-8-20(9-6-18)24(30)32-4/h5-13H,14-15H2,1-4H3,(H,26,29)/b25-13+. The first-order chi connectivity index (χ1) is 15.9. The van der Waals surface area contributed by atoms with Crippen molar-refractivity contribution in [1.82, 2.24) is 15.2 Å². The van der Waals surface area contributed by atoms with E-state index in [1.807, 2.05) is 19.9 Å². The number of amides is 1. The number of aryl methyl sites for hydroxylation is 2. The molecule has 0 atom stereocenters. The SMILES string of the molecule is COC(=O)c1ccc(COc2ccc(/C=N/NC(=O)Cn3nc(C)cc3C)cc2OC)cc1. The number of nitrogens with zero attached hydrogens (tertiary/aromatic N) is 3. The summed E-state index contributed by atoms with van der Waals surface area (Å²) >= 11 is 0. The largest absolute Gasteiger partial charge is 0.493 e. The molecule has 33 heavy (non-hydrogen) atoms. The van der Waals surface area contributed by atoms with E-state index in [1.54, 1.807) is 54.3 Å². The third kappa shape index (κ3) is 6.42. The highest BCUT2D eigenvalue weighted by Crippen LogP contribution is 2.28. The Hall–Kier alpha value is -4.14. The molecule has 3 aromatic rings. The Labute approximate surface area is 192 Å². The Morgan fingerprint density at radius 1 is 1.06 bits per heavy atom. The molecule has 0 saturated heterocycles. The lowest BCUT2D eigenvalue weighted by Crippen LogP contribution is -2.24. The van der Waals surface area contributed by atoms with Crippen LogP contribution in [0.15, 0.2) is 53.6 Å². The Bertz CT molecular complexity index is 1150. The highest BCUT2D eigenvalue weighted by atomic mass is 16.5. The van der Waals surface area contributed by atoms with Gasteiger partial charge in [0.1, 0.15) is 13.2 Å². The van der Waals surface area contributed by atoms with E-state index >= 15 is 0 Å². The number of carbonyl (C=O) groups is 2. The Morgan fingerprint density at radius 3 is 2.45 bits per heavy atom. The summed E-state index contributed by atoms with van der Waals surface area (Å²) < 4.78 is 17.6. The van der Waals surface area contributed by atoms with Crippen LogP contribution in [0.2, 0.25) is 0 Å². The van der Waals surface area contributed by atoms with Crippen molar-refractivity contribution >= 4 is 18.1 Å². The van der Waals surface area contributed by atoms with Gasteiger partial charge in [0.15, 0.2) is 11.5 Å². The van der Waals surface area contributed by atoms with Crippen LogP contribution in [-0.4, -0.2) is 42.1 Å². The number of methoxy groups -OCH3 is 2. The number of ether oxygens (including phenoxy) is 3. The number of aromatic nitrogens is 2. The van der Waals surface area contributed by atoms with Crippen molar-refractivity contribution in [2.24, 2.45) is 5.10 Å². The molecule has 0 fully saturated rings. The maximum Gasteiger partial charge on any atom is 0.337 e. The molecule has 2 aromatic carbocycles. The number of esters is 1. The summed E-state index contributed by atoms with van der Waals surface area (Å²) in [4.78, 5) is 23.6. The number of hydrogen-bond donors (Lipinski definition) is 1. The molecule has 9 heteroatoms. The van der Waals surface area contributed by atoms with Gasteiger partial charge in [0.05, 0.1) is 31.7 Å². The summed E-state index contributed by atoms with van der Waals surface area (Å²) in [6.07, 6.45) is 1.52. The molecular formula is C24H26N4O5. The first-order valence-corrected chi connectivity index (χ1v) is 10.2. The van der Waals surface area contributed by atoms with Crippen molar-refractivity contribution in [3.8, 4) is 11.5 Å². The Kier molecular flexibility index (Phi) is 7.80. The van der Waals surface area contributed by atoms with Gasteiger partial charge in [-0.15, -0.1) is 0 Å². The van der Waals surface area contributed by atoms with Gasteiger partial charge >= 0.3 is 5.97 Å². The zero-order valence-corrected chi connectivity index (χ0v) is 19.0. The lowest BCUT2D eigenvalue weighted by atomic mass is 10.1. The van der Waals surface area contributed by atoms with Crippen molar-refractivity contribution < 1.29 is 23.8 Å². The third-order valence-electron chi connectivity index (χ3n) is 4.76. The average Bonchev–Trinajstić information content (AvgIpc) is 3.13. The van der Waals surface area contributed by atoms with Crippen LogP contribution < -0.4 is 14.9 Å². The average molecular weight is 450 g/mol. The van der Waals surface area contributed by atoms with E-state index in [4.69, 9.17) is 14.2 Å². The summed E-state index contributed by atoms with van der Waals surface area (Å²) in [5, 5.41) is 8.26. The second-order valence-corrected chi connectivity index (χ2v) is 7.27. The summed E-state index contributed by atoms with van der Waals surface area (Å²) in [5.74, 6) is 0.422. The third-order valence-corrected chi connectivity index (χ3v) is 4.76. The van der Waals surface area contributed by atoms with Gasteiger partial charge < -0.3 is 14.2 Å². The fourth-order valence-corrected chi connectivity index (χ4v) is 3.08. The van der Waals surface area contributed by atoms with Gasteiger partial charge in [-0.1, -0.05) is 12.1 Å². The number of hydrogen-bond acceptors (Lipinski definition) is 7. The maximum atomic E-state index is 12.1. The number of carbonyl (C=O) groups excluding carboxylic acids is 2. The molecule has 0 saturated carbocycles. The quantitative estimate of drug-likeness (QED) is 0.305. The highest BCUT2D eigenvalue weighted by Gasteiger charge is 2.09. The van der Waals surface area contributed by atoms with E-state index in [2.05, 4.69) is 15.6 Å². The van der Waals surface area contributed by atoms with Crippen LogP contribution in [0.3, 0.4) is 0 Å². The Balaban J connectivity index is 1.56. The molecule has 0 radical (unpaired) electrons. The summed E-state index contributed by atoms with van der Waals surface area (Å²) in [5.41, 5.74) is 6.36. The lowest BCUT2D eigenvalue weighted by molar-refractivity contribution is -0.121. The molecule has 0 aliphatic carbocycles. The number of hydrazone groups is 1. The fourth-order valence-electron chi connectivity index (χ4n) is 3.08. The van der Waals surface area contributed by atoms with Gasteiger partial charge in [0.2, 0.25) is 0 Å². The molecule has 1 N–H and O–H groups in total. The van der Waals surface area contributed by atoms with Gasteiger partial charge in [0, 0.05) is 5.69 Å². The topological polar surface area (TPSA) is 104 Å². The van der Waals surface area contributed by atoms with Crippen LogP contribution in [0, 0.1) is 13.8 Å². The van der Waals surface area contributed by atoms with E-state index in [0.717, 1.165) is 22.5 Å². The minimum absolute atomic E-state index is 0.0910. The van der Waals surface area contributed by atoms with Gasteiger partial charge in [-0.25, -0.2) is 10.2 Å². The number of rotatable bonds is 9. The van der Waals surface area contributed by atoms with Gasteiger partial charge in [-0.05, 0) is 61.4 Å². The molecule has 0 aliphatic rings. The van der Waals surface area contributed by atoms with Crippen molar-refractivity contribution in [3.63, 3.8) is 0 Å². The second-order valence-electron chi connectivity index (χ2n) is 7.27. The number of benzene rings is 2. The molecule has 0 unspecified atom stereocenters. The number of nitrogens with one attached hydrogen (secondary N) is 1. The van der Waals surface area contributed by atoms with Crippen LogP contribution in [0.1, 0.15) is 32.9 Å². The van der Waals surface area contributed by atoms with Crippen LogP contribution >= 0.6 is 0 Å². The summed E-state index contributed by atoms with van der Waals surface area (Å²) in [6.45, 7) is 4.16. The van der Waals surface area contributed by atoms with Crippen LogP contribution in [-0.2, 0) is 22.7 Å². The zero-order chi connectivity index (χ0) is 23.8. The molecule has 0 aliphatic heterocycles. The van der Waals surface area contributed by atoms with E-state index in [0.29, 0.717) is 23.7 Å². The molecule has 0 bridgehead atoms. The predicted molar refractivity (Wildman–Crippen MR) is 123 cm³/mol. The van der Waals surface area contributed by atoms with Crippen LogP contribution in [0.4, 0.5) is 0 Å². The second kappa shape index (κ2) is 10.9. The lowest BCUT2D eigenvalue weighted by Gasteiger charge is -2.11.